The maximum absolute atomic E-state index is 11.0. The summed E-state index contributed by atoms with van der Waals surface area (Å²) in [5.41, 5.74) is -0.167. The molecule has 2 bridgehead atoms. The molecule has 0 aromatic carbocycles. The Morgan fingerprint density at radius 1 is 1.19 bits per heavy atom. The predicted molar refractivity (Wildman–Crippen MR) is 104 cm³/mol. The van der Waals surface area contributed by atoms with Gasteiger partial charge in [0.05, 0.1) is 29.1 Å². The molecule has 2 aliphatic heterocycles. The Labute approximate surface area is 162 Å². The van der Waals surface area contributed by atoms with E-state index in [1.807, 2.05) is 25.3 Å². The Bertz CT molecular complexity index is 640. The summed E-state index contributed by atoms with van der Waals surface area (Å²) in [4.78, 5) is 6.90. The fraction of sp³-hybridized carbons (Fsp3) is 0.773. The number of piperidine rings is 1. The lowest BCUT2D eigenvalue weighted by molar-refractivity contribution is -0.271. The fourth-order valence-corrected chi connectivity index (χ4v) is 5.55. The average Bonchev–Trinajstić information content (AvgIpc) is 2.63. The summed E-state index contributed by atoms with van der Waals surface area (Å²) in [5.74, 6) is 0.775. The molecule has 4 rings (SSSR count). The fourth-order valence-electron chi connectivity index (χ4n) is 5.55. The molecule has 2 unspecified atom stereocenters. The Balaban J connectivity index is 1.43. The van der Waals surface area contributed by atoms with Crippen LogP contribution in [-0.4, -0.2) is 56.6 Å². The van der Waals surface area contributed by atoms with E-state index in [-0.39, 0.29) is 17.6 Å². The highest BCUT2D eigenvalue weighted by molar-refractivity contribution is 5.08. The monoisotopic (exact) mass is 374 g/mol. The topological polar surface area (TPSA) is 65.8 Å². The predicted octanol–water partition coefficient (Wildman–Crippen LogP) is 2.61. The molecule has 150 valence electrons. The molecule has 1 aromatic heterocycles. The number of hydrogen-bond donors (Lipinski definition) is 2. The van der Waals surface area contributed by atoms with Crippen LogP contribution < -0.4 is 0 Å². The van der Waals surface area contributed by atoms with Gasteiger partial charge in [0, 0.05) is 18.7 Å². The van der Waals surface area contributed by atoms with Gasteiger partial charge in [-0.2, -0.15) is 0 Å². The van der Waals surface area contributed by atoms with Gasteiger partial charge in [0.1, 0.15) is 0 Å². The van der Waals surface area contributed by atoms with E-state index in [4.69, 9.17) is 4.74 Å². The lowest BCUT2D eigenvalue weighted by Gasteiger charge is -2.58. The molecule has 3 heterocycles. The van der Waals surface area contributed by atoms with Gasteiger partial charge in [-0.25, -0.2) is 0 Å². The van der Waals surface area contributed by atoms with Crippen LogP contribution in [0.2, 0.25) is 0 Å². The van der Waals surface area contributed by atoms with Crippen molar-refractivity contribution >= 4 is 0 Å². The van der Waals surface area contributed by atoms with Gasteiger partial charge < -0.3 is 14.9 Å². The molecule has 0 amide bonds. The summed E-state index contributed by atoms with van der Waals surface area (Å²) in [6.45, 7) is 9.08. The number of hydrogen-bond acceptors (Lipinski definition) is 5. The van der Waals surface area contributed by atoms with Crippen molar-refractivity contribution in [2.45, 2.75) is 76.4 Å². The second kappa shape index (κ2) is 7.11. The number of nitrogens with zero attached hydrogens (tertiary/aromatic N) is 2. The highest BCUT2D eigenvalue weighted by Crippen LogP contribution is 2.52. The molecule has 1 aromatic rings. The van der Waals surface area contributed by atoms with E-state index in [2.05, 4.69) is 29.8 Å². The summed E-state index contributed by atoms with van der Waals surface area (Å²) in [5, 5.41) is 21.6. The van der Waals surface area contributed by atoms with E-state index in [1.54, 1.807) is 0 Å². The number of rotatable bonds is 3. The van der Waals surface area contributed by atoms with Crippen LogP contribution in [0.3, 0.4) is 0 Å². The Morgan fingerprint density at radius 2 is 1.93 bits per heavy atom. The van der Waals surface area contributed by atoms with E-state index in [0.29, 0.717) is 18.3 Å². The first-order valence-corrected chi connectivity index (χ1v) is 10.5. The van der Waals surface area contributed by atoms with Gasteiger partial charge in [-0.3, -0.25) is 9.88 Å². The molecular formula is C22H34N2O3. The van der Waals surface area contributed by atoms with Crippen molar-refractivity contribution in [1.29, 1.82) is 0 Å². The molecule has 0 spiro atoms. The standard InChI is InChI=1S/C22H34N2O3/c1-21(2)16-12-18(22(3,26)19(25)13-16)20(27-21)15-7-10-24(11-8-15)14-17-6-4-5-9-23-17/h4-6,9,15-16,18-20,25-26H,7-8,10-14H2,1-3H3/t16?,18?,19-,20-,22-/m0/s1. The second-order valence-electron chi connectivity index (χ2n) is 9.64. The van der Waals surface area contributed by atoms with Crippen LogP contribution in [0.4, 0.5) is 0 Å². The summed E-state index contributed by atoms with van der Waals surface area (Å²) >= 11 is 0. The Hall–Kier alpha value is -1.01. The molecule has 2 N–H and O–H groups in total. The Morgan fingerprint density at radius 3 is 2.59 bits per heavy atom. The molecule has 5 atom stereocenters. The van der Waals surface area contributed by atoms with Crippen LogP contribution in [0.15, 0.2) is 24.4 Å². The van der Waals surface area contributed by atoms with Crippen molar-refractivity contribution in [2.24, 2.45) is 17.8 Å². The molecular weight excluding hydrogens is 340 g/mol. The van der Waals surface area contributed by atoms with Gasteiger partial charge in [0.25, 0.3) is 0 Å². The van der Waals surface area contributed by atoms with Gasteiger partial charge in [-0.15, -0.1) is 0 Å². The quantitative estimate of drug-likeness (QED) is 0.851. The van der Waals surface area contributed by atoms with Gasteiger partial charge in [-0.05, 0) is 83.5 Å². The number of pyridine rings is 1. The molecule has 27 heavy (non-hydrogen) atoms. The molecule has 3 aliphatic rings. The number of fused-ring (bicyclic) bond motifs is 2. The van der Waals surface area contributed by atoms with Gasteiger partial charge in [0.2, 0.25) is 0 Å². The largest absolute Gasteiger partial charge is 0.390 e. The zero-order valence-electron chi connectivity index (χ0n) is 16.8. The van der Waals surface area contributed by atoms with Crippen molar-refractivity contribution in [1.82, 2.24) is 9.88 Å². The van der Waals surface area contributed by atoms with E-state index in [0.717, 1.165) is 44.6 Å². The zero-order chi connectivity index (χ0) is 19.2. The van der Waals surface area contributed by atoms with Crippen molar-refractivity contribution in [3.8, 4) is 0 Å². The average molecular weight is 375 g/mol. The molecule has 3 fully saturated rings. The summed E-state index contributed by atoms with van der Waals surface area (Å²) in [7, 11) is 0. The lowest BCUT2D eigenvalue weighted by atomic mass is 9.60. The first kappa shape index (κ1) is 19.3. The van der Waals surface area contributed by atoms with Crippen molar-refractivity contribution < 1.29 is 14.9 Å². The summed E-state index contributed by atoms with van der Waals surface area (Å²) in [6, 6.07) is 6.08. The van der Waals surface area contributed by atoms with E-state index in [1.165, 1.54) is 0 Å². The third kappa shape index (κ3) is 3.67. The molecule has 5 heteroatoms. The first-order chi connectivity index (χ1) is 12.8. The van der Waals surface area contributed by atoms with Gasteiger partial charge in [0.15, 0.2) is 0 Å². The van der Waals surface area contributed by atoms with Crippen molar-refractivity contribution in [3.05, 3.63) is 30.1 Å². The molecule has 1 saturated carbocycles. The number of likely N-dealkylation sites (tertiary alicyclic amines) is 1. The van der Waals surface area contributed by atoms with Crippen molar-refractivity contribution in [2.75, 3.05) is 13.1 Å². The van der Waals surface area contributed by atoms with Crippen LogP contribution in [0.5, 0.6) is 0 Å². The highest BCUT2D eigenvalue weighted by atomic mass is 16.5. The molecule has 1 aliphatic carbocycles. The summed E-state index contributed by atoms with van der Waals surface area (Å²) < 4.78 is 6.62. The lowest BCUT2D eigenvalue weighted by Crippen LogP contribution is -2.65. The minimum atomic E-state index is -1.05. The minimum Gasteiger partial charge on any atom is -0.390 e. The van der Waals surface area contributed by atoms with E-state index in [9.17, 15) is 10.2 Å². The number of ether oxygens (including phenoxy) is 1. The molecule has 5 nitrogen and oxygen atoms in total. The highest BCUT2D eigenvalue weighted by Gasteiger charge is 2.57. The minimum absolute atomic E-state index is 0.0200. The van der Waals surface area contributed by atoms with Gasteiger partial charge in [-0.1, -0.05) is 6.07 Å². The van der Waals surface area contributed by atoms with Gasteiger partial charge >= 0.3 is 0 Å². The maximum Gasteiger partial charge on any atom is 0.0930 e. The molecule has 2 saturated heterocycles. The summed E-state index contributed by atoms with van der Waals surface area (Å²) in [6.07, 6.45) is 4.95. The maximum atomic E-state index is 11.0. The van der Waals surface area contributed by atoms with Crippen molar-refractivity contribution in [3.63, 3.8) is 0 Å². The van der Waals surface area contributed by atoms with Crippen LogP contribution in [-0.2, 0) is 11.3 Å². The number of aliphatic hydroxyl groups is 2. The smallest absolute Gasteiger partial charge is 0.0930 e. The van der Waals surface area contributed by atoms with E-state index >= 15 is 0 Å². The Kier molecular flexibility index (Phi) is 5.08. The van der Waals surface area contributed by atoms with Crippen LogP contribution in [0.25, 0.3) is 0 Å². The zero-order valence-corrected chi connectivity index (χ0v) is 16.8. The number of aliphatic hydroxyl groups excluding tert-OH is 1. The first-order valence-electron chi connectivity index (χ1n) is 10.5. The van der Waals surface area contributed by atoms with Crippen LogP contribution >= 0.6 is 0 Å². The van der Waals surface area contributed by atoms with Crippen LogP contribution in [0.1, 0.15) is 52.1 Å². The third-order valence-corrected chi connectivity index (χ3v) is 7.50. The second-order valence-corrected chi connectivity index (χ2v) is 9.64. The SMILES string of the molecule is CC1(C)O[C@@H](C2CCN(Cc3ccccn3)CC2)C2CC1C[C@H](O)[C@@]2(C)O. The third-order valence-electron chi connectivity index (χ3n) is 7.50. The van der Waals surface area contributed by atoms with Crippen LogP contribution in [0, 0.1) is 17.8 Å². The number of aromatic nitrogens is 1. The molecule has 0 radical (unpaired) electrons. The normalized spacial score (nSPS) is 40.0. The van der Waals surface area contributed by atoms with E-state index < -0.39 is 11.7 Å².